The Morgan fingerprint density at radius 2 is 1.79 bits per heavy atom. The molecule has 156 valence electrons. The first-order valence-electron chi connectivity index (χ1n) is 10.2. The van der Waals surface area contributed by atoms with Crippen molar-refractivity contribution in [2.75, 3.05) is 19.6 Å². The Balaban J connectivity index is 1.73. The van der Waals surface area contributed by atoms with E-state index >= 15 is 0 Å². The van der Waals surface area contributed by atoms with Crippen molar-refractivity contribution in [1.29, 1.82) is 0 Å². The summed E-state index contributed by atoms with van der Waals surface area (Å²) in [6, 6.07) is 14.8. The lowest BCUT2D eigenvalue weighted by Gasteiger charge is -2.29. The molecule has 6 heteroatoms. The van der Waals surface area contributed by atoms with Gasteiger partial charge in [-0.15, -0.1) is 0 Å². The number of nitrogens with one attached hydrogen (secondary N) is 1. The standard InChI is InChI=1S/C23H30N2O3S/c1-17-11-13-25(14-12-17)29(27,28)21-10-9-18(2)22(15-21)23(26)24-16-19(3)20-7-5-4-6-8-20/h4-10,15,17,19H,11-14,16H2,1-3H3,(H,24,26)/t19-/m1/s1. The molecule has 3 rings (SSSR count). The Labute approximate surface area is 174 Å². The highest BCUT2D eigenvalue weighted by molar-refractivity contribution is 7.89. The molecule has 1 amide bonds. The number of hydrogen-bond acceptors (Lipinski definition) is 3. The van der Waals surface area contributed by atoms with Gasteiger partial charge in [0.2, 0.25) is 10.0 Å². The number of nitrogens with zero attached hydrogens (tertiary/aromatic N) is 1. The molecule has 2 aromatic carbocycles. The van der Waals surface area contributed by atoms with Gasteiger partial charge in [-0.2, -0.15) is 4.31 Å². The van der Waals surface area contributed by atoms with Crippen LogP contribution in [-0.2, 0) is 10.0 Å². The minimum Gasteiger partial charge on any atom is -0.351 e. The van der Waals surface area contributed by atoms with Crippen molar-refractivity contribution < 1.29 is 13.2 Å². The zero-order valence-corrected chi connectivity index (χ0v) is 18.2. The van der Waals surface area contributed by atoms with Crippen molar-refractivity contribution in [3.8, 4) is 0 Å². The molecule has 1 saturated heterocycles. The molecule has 1 fully saturated rings. The average molecular weight is 415 g/mol. The quantitative estimate of drug-likeness (QED) is 0.778. The predicted molar refractivity (Wildman–Crippen MR) is 116 cm³/mol. The van der Waals surface area contributed by atoms with Gasteiger partial charge in [-0.3, -0.25) is 4.79 Å². The molecule has 1 aliphatic rings. The van der Waals surface area contributed by atoms with Crippen LogP contribution in [0, 0.1) is 12.8 Å². The van der Waals surface area contributed by atoms with E-state index in [1.165, 1.54) is 10.4 Å². The number of carbonyl (C=O) groups is 1. The molecule has 1 heterocycles. The lowest BCUT2D eigenvalue weighted by Crippen LogP contribution is -2.38. The van der Waals surface area contributed by atoms with Crippen molar-refractivity contribution in [2.24, 2.45) is 5.92 Å². The molecule has 2 aromatic rings. The van der Waals surface area contributed by atoms with E-state index in [0.29, 0.717) is 31.1 Å². The molecule has 0 bridgehead atoms. The maximum Gasteiger partial charge on any atom is 0.251 e. The van der Waals surface area contributed by atoms with Gasteiger partial charge in [0, 0.05) is 25.2 Å². The number of rotatable bonds is 6. The van der Waals surface area contributed by atoms with Crippen molar-refractivity contribution in [2.45, 2.75) is 44.4 Å². The molecule has 0 saturated carbocycles. The van der Waals surface area contributed by atoms with E-state index in [2.05, 4.69) is 19.2 Å². The van der Waals surface area contributed by atoms with Crippen LogP contribution in [0.3, 0.4) is 0 Å². The van der Waals surface area contributed by atoms with E-state index in [1.54, 1.807) is 12.1 Å². The summed E-state index contributed by atoms with van der Waals surface area (Å²) in [5, 5.41) is 2.95. The first-order chi connectivity index (χ1) is 13.8. The minimum absolute atomic E-state index is 0.169. The van der Waals surface area contributed by atoms with Crippen LogP contribution in [0.4, 0.5) is 0 Å². The molecule has 0 aliphatic carbocycles. The zero-order chi connectivity index (χ0) is 21.0. The Kier molecular flexibility index (Phi) is 6.75. The predicted octanol–water partition coefficient (Wildman–Crippen LogP) is 3.95. The molecule has 0 unspecified atom stereocenters. The molecular formula is C23H30N2O3S. The summed E-state index contributed by atoms with van der Waals surface area (Å²) in [5.74, 6) is 0.477. The number of benzene rings is 2. The van der Waals surface area contributed by atoms with Gasteiger partial charge in [0.15, 0.2) is 0 Å². The van der Waals surface area contributed by atoms with Crippen LogP contribution in [0.15, 0.2) is 53.4 Å². The number of aryl methyl sites for hydroxylation is 1. The third kappa shape index (κ3) is 5.06. The van der Waals surface area contributed by atoms with Crippen LogP contribution >= 0.6 is 0 Å². The fourth-order valence-corrected chi connectivity index (χ4v) is 5.12. The Bertz CT molecular complexity index is 949. The largest absolute Gasteiger partial charge is 0.351 e. The number of piperidine rings is 1. The lowest BCUT2D eigenvalue weighted by atomic mass is 10.0. The van der Waals surface area contributed by atoms with Crippen LogP contribution in [-0.4, -0.2) is 38.3 Å². The highest BCUT2D eigenvalue weighted by atomic mass is 32.2. The second kappa shape index (κ2) is 9.09. The third-order valence-electron chi connectivity index (χ3n) is 5.77. The van der Waals surface area contributed by atoms with E-state index in [1.807, 2.05) is 37.3 Å². The monoisotopic (exact) mass is 414 g/mol. The first-order valence-corrected chi connectivity index (χ1v) is 11.7. The number of hydrogen-bond donors (Lipinski definition) is 1. The molecule has 0 aromatic heterocycles. The maximum atomic E-state index is 13.0. The van der Waals surface area contributed by atoms with Crippen LogP contribution in [0.2, 0.25) is 0 Å². The number of carbonyl (C=O) groups excluding carboxylic acids is 1. The Morgan fingerprint density at radius 3 is 2.45 bits per heavy atom. The maximum absolute atomic E-state index is 13.0. The fraction of sp³-hybridized carbons (Fsp3) is 0.435. The van der Waals surface area contributed by atoms with E-state index < -0.39 is 10.0 Å². The zero-order valence-electron chi connectivity index (χ0n) is 17.4. The molecule has 29 heavy (non-hydrogen) atoms. The Hall–Kier alpha value is -2.18. The molecule has 5 nitrogen and oxygen atoms in total. The van der Waals surface area contributed by atoms with Crippen molar-refractivity contribution in [1.82, 2.24) is 9.62 Å². The van der Waals surface area contributed by atoms with Crippen LogP contribution in [0.5, 0.6) is 0 Å². The Morgan fingerprint density at radius 1 is 1.14 bits per heavy atom. The average Bonchev–Trinajstić information content (AvgIpc) is 2.73. The van der Waals surface area contributed by atoms with Crippen molar-refractivity contribution >= 4 is 15.9 Å². The van der Waals surface area contributed by atoms with Gasteiger partial charge in [-0.1, -0.05) is 50.2 Å². The number of sulfonamides is 1. The molecule has 1 atom stereocenters. The normalized spacial score (nSPS) is 17.1. The molecule has 0 radical (unpaired) electrons. The van der Waals surface area contributed by atoms with Gasteiger partial charge in [0.25, 0.3) is 5.91 Å². The van der Waals surface area contributed by atoms with E-state index in [9.17, 15) is 13.2 Å². The molecule has 1 N–H and O–H groups in total. The summed E-state index contributed by atoms with van der Waals surface area (Å²) in [6.07, 6.45) is 1.74. The van der Waals surface area contributed by atoms with Gasteiger partial charge < -0.3 is 5.32 Å². The summed E-state index contributed by atoms with van der Waals surface area (Å²) in [4.78, 5) is 13.0. The molecule has 1 aliphatic heterocycles. The van der Waals surface area contributed by atoms with E-state index in [4.69, 9.17) is 0 Å². The highest BCUT2D eigenvalue weighted by Crippen LogP contribution is 2.25. The third-order valence-corrected chi connectivity index (χ3v) is 7.67. The van der Waals surface area contributed by atoms with Crippen molar-refractivity contribution in [3.05, 3.63) is 65.2 Å². The topological polar surface area (TPSA) is 66.5 Å². The summed E-state index contributed by atoms with van der Waals surface area (Å²) in [5.41, 5.74) is 2.33. The van der Waals surface area contributed by atoms with E-state index in [-0.39, 0.29) is 16.7 Å². The second-order valence-corrected chi connectivity index (χ2v) is 10.0. The smallest absolute Gasteiger partial charge is 0.251 e. The molecule has 0 spiro atoms. The summed E-state index contributed by atoms with van der Waals surface area (Å²) in [7, 11) is -3.58. The van der Waals surface area contributed by atoms with Crippen LogP contribution < -0.4 is 5.32 Å². The van der Waals surface area contributed by atoms with Crippen LogP contribution in [0.1, 0.15) is 54.1 Å². The lowest BCUT2D eigenvalue weighted by molar-refractivity contribution is 0.0951. The SMILES string of the molecule is Cc1ccc(S(=O)(=O)N2CCC(C)CC2)cc1C(=O)NC[C@@H](C)c1ccccc1. The van der Waals surface area contributed by atoms with Gasteiger partial charge >= 0.3 is 0 Å². The fourth-order valence-electron chi connectivity index (χ4n) is 3.62. The summed E-state index contributed by atoms with van der Waals surface area (Å²) in [6.45, 7) is 7.59. The second-order valence-electron chi connectivity index (χ2n) is 8.09. The van der Waals surface area contributed by atoms with Crippen LogP contribution in [0.25, 0.3) is 0 Å². The highest BCUT2D eigenvalue weighted by Gasteiger charge is 2.29. The minimum atomic E-state index is -3.58. The van der Waals surface area contributed by atoms with Crippen molar-refractivity contribution in [3.63, 3.8) is 0 Å². The van der Waals surface area contributed by atoms with E-state index in [0.717, 1.165) is 24.0 Å². The van der Waals surface area contributed by atoms with Gasteiger partial charge in [0.1, 0.15) is 0 Å². The summed E-state index contributed by atoms with van der Waals surface area (Å²) < 4.78 is 27.6. The summed E-state index contributed by atoms with van der Waals surface area (Å²) >= 11 is 0. The number of amides is 1. The van der Waals surface area contributed by atoms with Gasteiger partial charge in [-0.05, 0) is 54.9 Å². The van der Waals surface area contributed by atoms with Gasteiger partial charge in [-0.25, -0.2) is 8.42 Å². The first kappa shape index (κ1) is 21.5. The van der Waals surface area contributed by atoms with Gasteiger partial charge in [0.05, 0.1) is 4.90 Å². The molecular weight excluding hydrogens is 384 g/mol.